The van der Waals surface area contributed by atoms with Gasteiger partial charge in [-0.15, -0.1) is 0 Å². The summed E-state index contributed by atoms with van der Waals surface area (Å²) in [4.78, 5) is 2.41. The quantitative estimate of drug-likeness (QED) is 0.855. The second-order valence-electron chi connectivity index (χ2n) is 5.62. The maximum atomic E-state index is 10.9. The first-order valence-corrected chi connectivity index (χ1v) is 7.15. The highest BCUT2D eigenvalue weighted by atomic mass is 35.5. The van der Waals surface area contributed by atoms with Crippen molar-refractivity contribution in [1.29, 1.82) is 0 Å². The molecule has 2 aliphatic rings. The van der Waals surface area contributed by atoms with E-state index < -0.39 is 5.60 Å². The van der Waals surface area contributed by atoms with Gasteiger partial charge >= 0.3 is 0 Å². The largest absolute Gasteiger partial charge is 0.385 e. The van der Waals surface area contributed by atoms with E-state index in [1.165, 1.54) is 12.8 Å². The van der Waals surface area contributed by atoms with Crippen LogP contribution in [0.15, 0.2) is 18.2 Å². The molecule has 2 bridgehead atoms. The minimum Gasteiger partial charge on any atom is -0.385 e. The number of hydrogen-bond donors (Lipinski definition) is 1. The number of fused-ring (bicyclic) bond motifs is 2. The van der Waals surface area contributed by atoms with Gasteiger partial charge in [-0.2, -0.15) is 0 Å². The highest BCUT2D eigenvalue weighted by Gasteiger charge is 2.46. The van der Waals surface area contributed by atoms with Crippen LogP contribution in [-0.2, 0) is 5.60 Å². The molecule has 3 atom stereocenters. The van der Waals surface area contributed by atoms with Crippen molar-refractivity contribution in [2.24, 2.45) is 0 Å². The maximum absolute atomic E-state index is 10.9. The van der Waals surface area contributed by atoms with Crippen LogP contribution in [0.1, 0.15) is 31.2 Å². The van der Waals surface area contributed by atoms with Crippen molar-refractivity contribution in [3.05, 3.63) is 33.8 Å². The summed E-state index contributed by atoms with van der Waals surface area (Å²) in [7, 11) is 2.16. The van der Waals surface area contributed by atoms with Gasteiger partial charge in [-0.25, -0.2) is 0 Å². The lowest BCUT2D eigenvalue weighted by Gasteiger charge is -2.42. The first-order valence-electron chi connectivity index (χ1n) is 6.39. The van der Waals surface area contributed by atoms with Crippen LogP contribution in [-0.4, -0.2) is 29.1 Å². The Balaban J connectivity index is 1.93. The lowest BCUT2D eigenvalue weighted by molar-refractivity contribution is -0.0493. The first kappa shape index (κ1) is 12.7. The lowest BCUT2D eigenvalue weighted by Crippen LogP contribution is -2.47. The average molecular weight is 286 g/mol. The molecule has 2 aliphatic heterocycles. The maximum Gasteiger partial charge on any atom is 0.0926 e. The number of nitrogens with zero attached hydrogens (tertiary/aromatic N) is 1. The van der Waals surface area contributed by atoms with E-state index in [0.29, 0.717) is 22.1 Å². The van der Waals surface area contributed by atoms with Gasteiger partial charge in [0.2, 0.25) is 0 Å². The molecule has 2 fully saturated rings. The summed E-state index contributed by atoms with van der Waals surface area (Å²) in [6, 6.07) is 6.47. The summed E-state index contributed by atoms with van der Waals surface area (Å²) in [6.07, 6.45) is 3.95. The van der Waals surface area contributed by atoms with Crippen molar-refractivity contribution in [2.75, 3.05) is 7.05 Å². The molecule has 4 heteroatoms. The van der Waals surface area contributed by atoms with Gasteiger partial charge in [0.1, 0.15) is 0 Å². The Bertz CT molecular complexity index is 463. The van der Waals surface area contributed by atoms with Crippen LogP contribution < -0.4 is 0 Å². The fraction of sp³-hybridized carbons (Fsp3) is 0.571. The van der Waals surface area contributed by atoms with Gasteiger partial charge < -0.3 is 10.0 Å². The Morgan fingerprint density at radius 3 is 2.33 bits per heavy atom. The summed E-state index contributed by atoms with van der Waals surface area (Å²) < 4.78 is 0. The molecule has 98 valence electrons. The van der Waals surface area contributed by atoms with Crippen molar-refractivity contribution in [3.63, 3.8) is 0 Å². The Morgan fingerprint density at radius 1 is 1.17 bits per heavy atom. The molecule has 0 amide bonds. The van der Waals surface area contributed by atoms with Crippen LogP contribution in [0.25, 0.3) is 0 Å². The van der Waals surface area contributed by atoms with Gasteiger partial charge in [-0.05, 0) is 50.4 Å². The van der Waals surface area contributed by atoms with Crippen LogP contribution in [0.2, 0.25) is 10.0 Å². The highest BCUT2D eigenvalue weighted by molar-refractivity contribution is 6.42. The zero-order valence-corrected chi connectivity index (χ0v) is 11.9. The lowest BCUT2D eigenvalue weighted by atomic mass is 9.81. The van der Waals surface area contributed by atoms with Crippen molar-refractivity contribution in [1.82, 2.24) is 4.90 Å². The van der Waals surface area contributed by atoms with Gasteiger partial charge in [0.15, 0.2) is 0 Å². The average Bonchev–Trinajstić information content (AvgIpc) is 2.57. The van der Waals surface area contributed by atoms with Gasteiger partial charge in [-0.3, -0.25) is 0 Å². The molecule has 1 unspecified atom stereocenters. The summed E-state index contributed by atoms with van der Waals surface area (Å²) in [5, 5.41) is 12.0. The van der Waals surface area contributed by atoms with Gasteiger partial charge in [0.25, 0.3) is 0 Å². The van der Waals surface area contributed by atoms with E-state index >= 15 is 0 Å². The number of halogens is 2. The molecule has 0 radical (unpaired) electrons. The van der Waals surface area contributed by atoms with Crippen LogP contribution in [0.3, 0.4) is 0 Å². The monoisotopic (exact) mass is 285 g/mol. The number of benzene rings is 1. The molecule has 18 heavy (non-hydrogen) atoms. The second kappa shape index (κ2) is 4.38. The van der Waals surface area contributed by atoms with E-state index in [4.69, 9.17) is 23.2 Å². The minimum absolute atomic E-state index is 0.489. The minimum atomic E-state index is -0.743. The number of rotatable bonds is 1. The van der Waals surface area contributed by atoms with E-state index in [1.54, 1.807) is 6.07 Å². The van der Waals surface area contributed by atoms with Gasteiger partial charge in [-0.1, -0.05) is 29.3 Å². The first-order chi connectivity index (χ1) is 8.49. The third kappa shape index (κ3) is 1.96. The molecule has 0 spiro atoms. The van der Waals surface area contributed by atoms with Gasteiger partial charge in [0.05, 0.1) is 15.6 Å². The fourth-order valence-corrected chi connectivity index (χ4v) is 3.76. The van der Waals surface area contributed by atoms with E-state index in [9.17, 15) is 5.11 Å². The fourth-order valence-electron chi connectivity index (χ4n) is 3.47. The molecule has 1 N–H and O–H groups in total. The van der Waals surface area contributed by atoms with Crippen molar-refractivity contribution < 1.29 is 5.11 Å². The number of hydrogen-bond acceptors (Lipinski definition) is 2. The third-order valence-corrected chi connectivity index (χ3v) is 5.33. The summed E-state index contributed by atoms with van der Waals surface area (Å²) >= 11 is 12.0. The molecule has 1 aromatic carbocycles. The second-order valence-corrected chi connectivity index (χ2v) is 6.43. The highest BCUT2D eigenvalue weighted by Crippen LogP contribution is 2.45. The smallest absolute Gasteiger partial charge is 0.0926 e. The Morgan fingerprint density at radius 2 is 1.78 bits per heavy atom. The molecule has 0 aliphatic carbocycles. The third-order valence-electron chi connectivity index (χ3n) is 4.59. The zero-order valence-electron chi connectivity index (χ0n) is 10.4. The Labute approximate surface area is 117 Å². The summed E-state index contributed by atoms with van der Waals surface area (Å²) in [5.74, 6) is 0. The van der Waals surface area contributed by atoms with E-state index in [0.717, 1.165) is 18.4 Å². The predicted octanol–water partition coefficient (Wildman–Crippen LogP) is 3.44. The molecule has 0 aromatic heterocycles. The normalized spacial score (nSPS) is 36.0. The molecule has 1 aromatic rings. The van der Waals surface area contributed by atoms with Crippen LogP contribution in [0.4, 0.5) is 0 Å². The summed E-state index contributed by atoms with van der Waals surface area (Å²) in [6.45, 7) is 0. The molecule has 2 nitrogen and oxygen atoms in total. The van der Waals surface area contributed by atoms with E-state index in [1.807, 2.05) is 12.1 Å². The van der Waals surface area contributed by atoms with Crippen LogP contribution in [0, 0.1) is 0 Å². The van der Waals surface area contributed by atoms with E-state index in [2.05, 4.69) is 11.9 Å². The number of piperidine rings is 1. The predicted molar refractivity (Wildman–Crippen MR) is 74.2 cm³/mol. The molecule has 0 saturated carbocycles. The Kier molecular flexibility index (Phi) is 3.10. The van der Waals surface area contributed by atoms with Crippen LogP contribution >= 0.6 is 23.2 Å². The zero-order chi connectivity index (χ0) is 12.9. The molecule has 3 rings (SSSR count). The standard InChI is InChI=1S/C14H17Cl2NO/c1-17-10-3-4-11(17)8-14(18,7-10)9-2-5-12(15)13(16)6-9/h2,5-6,10-11,18H,3-4,7-8H2,1H3/t10-,11+,14?. The van der Waals surface area contributed by atoms with Gasteiger partial charge in [0, 0.05) is 12.1 Å². The van der Waals surface area contributed by atoms with Crippen molar-refractivity contribution in [3.8, 4) is 0 Å². The molecular formula is C14H17Cl2NO. The van der Waals surface area contributed by atoms with E-state index in [-0.39, 0.29) is 0 Å². The SMILES string of the molecule is CN1[C@@H]2CC[C@H]1CC(O)(c1ccc(Cl)c(Cl)c1)C2. The molecule has 2 saturated heterocycles. The topological polar surface area (TPSA) is 23.5 Å². The number of aliphatic hydroxyl groups is 1. The summed E-state index contributed by atoms with van der Waals surface area (Å²) in [5.41, 5.74) is 0.161. The molecule has 2 heterocycles. The van der Waals surface area contributed by atoms with Crippen molar-refractivity contribution in [2.45, 2.75) is 43.4 Å². The Hall–Kier alpha value is -0.280. The van der Waals surface area contributed by atoms with Crippen LogP contribution in [0.5, 0.6) is 0 Å². The molecular weight excluding hydrogens is 269 g/mol. The van der Waals surface area contributed by atoms with Crippen molar-refractivity contribution >= 4 is 23.2 Å².